The minimum atomic E-state index is -0.860. The number of methoxy groups -OCH3 is 2. The Morgan fingerprint density at radius 3 is 2.42 bits per heavy atom. The lowest BCUT2D eigenvalue weighted by atomic mass is 10.0. The monoisotopic (exact) mass is 516 g/mol. The van der Waals surface area contributed by atoms with Crippen LogP contribution in [0.25, 0.3) is 0 Å². The molecule has 0 aromatic heterocycles. The summed E-state index contributed by atoms with van der Waals surface area (Å²) in [6, 6.07) is 13.3. The van der Waals surface area contributed by atoms with Crippen LogP contribution in [0.4, 0.5) is 4.79 Å². The van der Waals surface area contributed by atoms with Crippen LogP contribution in [0.15, 0.2) is 72.2 Å². The van der Waals surface area contributed by atoms with E-state index < -0.39 is 18.2 Å². The first kappa shape index (κ1) is 26.0. The number of hydrogen-bond acceptors (Lipinski definition) is 5. The standard InChI is InChI=1S/C25H29BrN2O5/c1-5-9-21(28-25(30)33-16-18-10-7-6-8-11-18)24(29)27-22(14-17(2)26)20-13-12-19(31-3)15-23(20)32-4/h5-8,10-13,15,21-22H,1-2,9,14,16H2,3-4H3,(H,27,29)(H,28,30)/t21-,22?/m1/s1. The Bertz CT molecular complexity index is 965. The lowest BCUT2D eigenvalue weighted by molar-refractivity contribution is -0.123. The maximum Gasteiger partial charge on any atom is 0.408 e. The Balaban J connectivity index is 2.13. The molecule has 0 heterocycles. The average molecular weight is 517 g/mol. The molecule has 2 aromatic rings. The van der Waals surface area contributed by atoms with E-state index in [0.717, 1.165) is 11.1 Å². The zero-order chi connectivity index (χ0) is 24.2. The van der Waals surface area contributed by atoms with Gasteiger partial charge in [-0.15, -0.1) is 6.58 Å². The minimum Gasteiger partial charge on any atom is -0.497 e. The van der Waals surface area contributed by atoms with Gasteiger partial charge in [0.15, 0.2) is 0 Å². The molecule has 0 spiro atoms. The van der Waals surface area contributed by atoms with Gasteiger partial charge in [-0.3, -0.25) is 4.79 Å². The van der Waals surface area contributed by atoms with Crippen LogP contribution in [0.5, 0.6) is 11.5 Å². The van der Waals surface area contributed by atoms with Crippen molar-refractivity contribution in [2.45, 2.75) is 31.5 Å². The molecule has 0 bridgehead atoms. The number of carbonyl (C=O) groups excluding carboxylic acids is 2. The molecule has 0 radical (unpaired) electrons. The predicted molar refractivity (Wildman–Crippen MR) is 131 cm³/mol. The van der Waals surface area contributed by atoms with E-state index >= 15 is 0 Å². The number of amides is 2. The van der Waals surface area contributed by atoms with Crippen LogP contribution < -0.4 is 20.1 Å². The molecule has 33 heavy (non-hydrogen) atoms. The third-order valence-electron chi connectivity index (χ3n) is 4.78. The predicted octanol–water partition coefficient (Wildman–Crippen LogP) is 5.03. The Hall–Kier alpha value is -3.26. The van der Waals surface area contributed by atoms with Gasteiger partial charge in [-0.1, -0.05) is 58.9 Å². The Morgan fingerprint density at radius 1 is 1.09 bits per heavy atom. The van der Waals surface area contributed by atoms with E-state index in [2.05, 4.69) is 39.7 Å². The van der Waals surface area contributed by atoms with Crippen LogP contribution in [0.3, 0.4) is 0 Å². The number of nitrogens with one attached hydrogen (secondary N) is 2. The quantitative estimate of drug-likeness (QED) is 0.386. The van der Waals surface area contributed by atoms with Crippen molar-refractivity contribution in [1.82, 2.24) is 10.6 Å². The van der Waals surface area contributed by atoms with Gasteiger partial charge in [-0.2, -0.15) is 0 Å². The number of rotatable bonds is 12. The summed E-state index contributed by atoms with van der Waals surface area (Å²) in [5.41, 5.74) is 1.59. The fraction of sp³-hybridized carbons (Fsp3) is 0.280. The second-order valence-corrected chi connectivity index (χ2v) is 8.29. The summed E-state index contributed by atoms with van der Waals surface area (Å²) in [6.07, 6.45) is 1.51. The van der Waals surface area contributed by atoms with Crippen LogP contribution in [-0.2, 0) is 16.1 Å². The molecule has 2 aromatic carbocycles. The van der Waals surface area contributed by atoms with Crippen LogP contribution in [0.1, 0.15) is 30.0 Å². The van der Waals surface area contributed by atoms with E-state index in [1.54, 1.807) is 32.4 Å². The third-order valence-corrected chi connectivity index (χ3v) is 5.11. The van der Waals surface area contributed by atoms with Crippen LogP contribution in [-0.4, -0.2) is 32.3 Å². The summed E-state index contributed by atoms with van der Waals surface area (Å²) in [7, 11) is 3.11. The summed E-state index contributed by atoms with van der Waals surface area (Å²) in [6.45, 7) is 7.68. The first-order valence-electron chi connectivity index (χ1n) is 10.3. The number of hydrogen-bond donors (Lipinski definition) is 2. The average Bonchev–Trinajstić information content (AvgIpc) is 2.81. The molecule has 1 unspecified atom stereocenters. The molecule has 0 aliphatic rings. The molecular formula is C25H29BrN2O5. The van der Waals surface area contributed by atoms with Crippen molar-refractivity contribution < 1.29 is 23.8 Å². The molecule has 0 saturated heterocycles. The molecule has 0 fully saturated rings. The van der Waals surface area contributed by atoms with E-state index in [-0.39, 0.29) is 18.9 Å². The second kappa shape index (κ2) is 13.3. The van der Waals surface area contributed by atoms with E-state index in [9.17, 15) is 9.59 Å². The number of halogens is 1. The van der Waals surface area contributed by atoms with Gasteiger partial charge in [0.2, 0.25) is 5.91 Å². The van der Waals surface area contributed by atoms with Crippen LogP contribution in [0.2, 0.25) is 0 Å². The van der Waals surface area contributed by atoms with Gasteiger partial charge in [0, 0.05) is 18.1 Å². The van der Waals surface area contributed by atoms with Crippen molar-refractivity contribution in [1.29, 1.82) is 0 Å². The Labute approximate surface area is 202 Å². The molecule has 2 N–H and O–H groups in total. The van der Waals surface area contributed by atoms with Crippen molar-refractivity contribution in [3.63, 3.8) is 0 Å². The fourth-order valence-corrected chi connectivity index (χ4v) is 3.47. The van der Waals surface area contributed by atoms with Crippen molar-refractivity contribution >= 4 is 27.9 Å². The molecule has 0 aliphatic carbocycles. The molecule has 7 nitrogen and oxygen atoms in total. The maximum absolute atomic E-state index is 13.1. The number of carbonyl (C=O) groups is 2. The number of ether oxygens (including phenoxy) is 3. The lowest BCUT2D eigenvalue weighted by Gasteiger charge is -2.24. The Kier molecular flexibility index (Phi) is 10.5. The van der Waals surface area contributed by atoms with Gasteiger partial charge in [-0.05, 0) is 28.6 Å². The molecular weight excluding hydrogens is 488 g/mol. The summed E-state index contributed by atoms with van der Waals surface area (Å²) >= 11 is 3.37. The number of benzene rings is 2. The summed E-state index contributed by atoms with van der Waals surface area (Å²) in [5, 5.41) is 5.59. The summed E-state index contributed by atoms with van der Waals surface area (Å²) in [5.74, 6) is 0.804. The van der Waals surface area contributed by atoms with E-state index in [1.807, 2.05) is 36.4 Å². The normalized spacial score (nSPS) is 12.1. The molecule has 0 aliphatic heterocycles. The van der Waals surface area contributed by atoms with E-state index in [1.165, 1.54) is 0 Å². The molecule has 176 valence electrons. The van der Waals surface area contributed by atoms with Crippen molar-refractivity contribution in [3.05, 3.63) is 83.4 Å². The highest BCUT2D eigenvalue weighted by molar-refractivity contribution is 9.11. The molecule has 2 rings (SSSR count). The van der Waals surface area contributed by atoms with Crippen molar-refractivity contribution in [2.24, 2.45) is 0 Å². The van der Waals surface area contributed by atoms with Gasteiger partial charge in [0.05, 0.1) is 20.3 Å². The maximum atomic E-state index is 13.1. The highest BCUT2D eigenvalue weighted by Crippen LogP contribution is 2.33. The molecule has 2 atom stereocenters. The topological polar surface area (TPSA) is 85.9 Å². The minimum absolute atomic E-state index is 0.101. The van der Waals surface area contributed by atoms with Gasteiger partial charge in [-0.25, -0.2) is 4.79 Å². The Morgan fingerprint density at radius 2 is 1.82 bits per heavy atom. The molecule has 2 amide bonds. The highest BCUT2D eigenvalue weighted by atomic mass is 79.9. The highest BCUT2D eigenvalue weighted by Gasteiger charge is 2.25. The van der Waals surface area contributed by atoms with Gasteiger partial charge >= 0.3 is 6.09 Å². The molecule has 0 saturated carbocycles. The lowest BCUT2D eigenvalue weighted by Crippen LogP contribution is -2.47. The van der Waals surface area contributed by atoms with E-state index in [0.29, 0.717) is 22.4 Å². The van der Waals surface area contributed by atoms with Crippen molar-refractivity contribution in [2.75, 3.05) is 14.2 Å². The second-order valence-electron chi connectivity index (χ2n) is 7.17. The van der Waals surface area contributed by atoms with E-state index in [4.69, 9.17) is 14.2 Å². The van der Waals surface area contributed by atoms with Gasteiger partial charge < -0.3 is 24.8 Å². The third kappa shape index (κ3) is 8.31. The van der Waals surface area contributed by atoms with Crippen molar-refractivity contribution in [3.8, 4) is 11.5 Å². The number of alkyl carbamates (subject to hydrolysis) is 1. The molecule has 8 heteroatoms. The van der Waals surface area contributed by atoms with Gasteiger partial charge in [0.25, 0.3) is 0 Å². The van der Waals surface area contributed by atoms with Crippen LogP contribution in [0, 0.1) is 0 Å². The van der Waals surface area contributed by atoms with Crippen LogP contribution >= 0.6 is 15.9 Å². The zero-order valence-corrected chi connectivity index (χ0v) is 20.4. The smallest absolute Gasteiger partial charge is 0.408 e. The van der Waals surface area contributed by atoms with Gasteiger partial charge in [0.1, 0.15) is 24.1 Å². The SMILES string of the molecule is C=CC[C@@H](NC(=O)OCc1ccccc1)C(=O)NC(CC(=C)Br)c1ccc(OC)cc1OC. The first-order chi connectivity index (χ1) is 15.9. The zero-order valence-electron chi connectivity index (χ0n) is 18.8. The first-order valence-corrected chi connectivity index (χ1v) is 11.1. The summed E-state index contributed by atoms with van der Waals surface area (Å²) in [4.78, 5) is 25.4. The fourth-order valence-electron chi connectivity index (χ4n) is 3.14. The largest absolute Gasteiger partial charge is 0.497 e. The summed E-state index contributed by atoms with van der Waals surface area (Å²) < 4.78 is 16.7.